The molecule has 0 amide bonds. The van der Waals surface area contributed by atoms with Gasteiger partial charge in [-0.2, -0.15) is 5.26 Å². The fourth-order valence-electron chi connectivity index (χ4n) is 5.50. The molecule has 3 aliphatic rings. The van der Waals surface area contributed by atoms with Crippen LogP contribution >= 0.6 is 0 Å². The first-order valence-electron chi connectivity index (χ1n) is 10.7. The number of fused-ring (bicyclic) bond motifs is 5. The molecule has 0 saturated heterocycles. The van der Waals surface area contributed by atoms with E-state index in [-0.39, 0.29) is 24.6 Å². The van der Waals surface area contributed by atoms with E-state index in [4.69, 9.17) is 15.5 Å². The van der Waals surface area contributed by atoms with Gasteiger partial charge in [0.25, 0.3) is 5.56 Å². The topological polar surface area (TPSA) is 131 Å². The molecule has 160 valence electrons. The van der Waals surface area contributed by atoms with E-state index >= 15 is 0 Å². The van der Waals surface area contributed by atoms with Crippen LogP contribution in [0.3, 0.4) is 0 Å². The minimum absolute atomic E-state index is 0.0934. The first-order chi connectivity index (χ1) is 15.4. The van der Waals surface area contributed by atoms with Crippen LogP contribution in [0.15, 0.2) is 23.0 Å². The Kier molecular flexibility index (Phi) is 3.74. The van der Waals surface area contributed by atoms with Gasteiger partial charge in [-0.3, -0.25) is 4.79 Å². The van der Waals surface area contributed by atoms with Gasteiger partial charge in [-0.15, -0.1) is 0 Å². The highest BCUT2D eigenvalue weighted by Crippen LogP contribution is 2.44. The van der Waals surface area contributed by atoms with Gasteiger partial charge in [-0.25, -0.2) is 9.78 Å². The number of cyclic esters (lactones) is 1. The second kappa shape index (κ2) is 6.25. The number of carbonyl (C=O) groups excluding carboxylic acids is 1. The second-order valence-corrected chi connectivity index (χ2v) is 8.70. The van der Waals surface area contributed by atoms with Crippen LogP contribution in [-0.4, -0.2) is 20.6 Å². The van der Waals surface area contributed by atoms with Crippen molar-refractivity contribution in [2.45, 2.75) is 51.0 Å². The number of hydrogen-bond donors (Lipinski definition) is 2. The van der Waals surface area contributed by atoms with Crippen molar-refractivity contribution < 1.29 is 14.6 Å². The Balaban J connectivity index is 1.69. The normalized spacial score (nSPS) is 22.7. The summed E-state index contributed by atoms with van der Waals surface area (Å²) in [4.78, 5) is 30.6. The van der Waals surface area contributed by atoms with Crippen molar-refractivity contribution in [1.82, 2.24) is 9.55 Å². The molecule has 0 spiro atoms. The third-order valence-corrected chi connectivity index (χ3v) is 7.20. The molecule has 0 fully saturated rings. The van der Waals surface area contributed by atoms with Crippen LogP contribution in [0.5, 0.6) is 0 Å². The van der Waals surface area contributed by atoms with Gasteiger partial charge < -0.3 is 20.1 Å². The van der Waals surface area contributed by atoms with E-state index in [1.807, 2.05) is 6.07 Å². The predicted molar refractivity (Wildman–Crippen MR) is 114 cm³/mol. The number of hydrogen-bond acceptors (Lipinski definition) is 7. The van der Waals surface area contributed by atoms with Crippen molar-refractivity contribution in [3.05, 3.63) is 61.9 Å². The van der Waals surface area contributed by atoms with Crippen LogP contribution in [0.1, 0.15) is 59.2 Å². The quantitative estimate of drug-likeness (QED) is 0.443. The van der Waals surface area contributed by atoms with Crippen molar-refractivity contribution in [2.75, 3.05) is 0 Å². The lowest BCUT2D eigenvalue weighted by atomic mass is 9.82. The summed E-state index contributed by atoms with van der Waals surface area (Å²) in [7, 11) is 0. The maximum absolute atomic E-state index is 13.4. The third kappa shape index (κ3) is 2.19. The zero-order chi connectivity index (χ0) is 22.4. The minimum Gasteiger partial charge on any atom is -0.458 e. The summed E-state index contributed by atoms with van der Waals surface area (Å²) in [5, 5.41) is 21.5. The molecule has 3 aromatic rings. The molecular weight excluding hydrogens is 408 g/mol. The van der Waals surface area contributed by atoms with Gasteiger partial charge in [-0.05, 0) is 48.6 Å². The van der Waals surface area contributed by atoms with Crippen LogP contribution in [0.25, 0.3) is 22.3 Å². The van der Waals surface area contributed by atoms with Gasteiger partial charge in [0.05, 0.1) is 40.6 Å². The Morgan fingerprint density at radius 2 is 2.16 bits per heavy atom. The van der Waals surface area contributed by atoms with E-state index in [0.717, 1.165) is 27.6 Å². The number of nitrogens with two attached hydrogens (primary N) is 1. The van der Waals surface area contributed by atoms with E-state index in [1.54, 1.807) is 23.6 Å². The van der Waals surface area contributed by atoms with Crippen LogP contribution < -0.4 is 11.3 Å². The van der Waals surface area contributed by atoms with Crippen molar-refractivity contribution in [2.24, 2.45) is 5.73 Å². The number of pyridine rings is 2. The molecule has 0 saturated carbocycles. The molecule has 3 N–H and O–H groups in total. The number of ether oxygens (including phenoxy) is 1. The molecule has 0 radical (unpaired) electrons. The summed E-state index contributed by atoms with van der Waals surface area (Å²) in [6.07, 6.45) is 1.51. The molecule has 0 bridgehead atoms. The molecule has 2 atom stereocenters. The SMILES string of the molecule is CC[C@@]1(O)C(=O)OCc2c1cc1n(c2=O)Cc2c-1nc1ccc(C#N)c3c1c2C(N)CC3. The Morgan fingerprint density at radius 3 is 2.91 bits per heavy atom. The smallest absolute Gasteiger partial charge is 0.343 e. The van der Waals surface area contributed by atoms with Gasteiger partial charge in [0, 0.05) is 22.6 Å². The third-order valence-electron chi connectivity index (χ3n) is 7.20. The zero-order valence-electron chi connectivity index (χ0n) is 17.4. The van der Waals surface area contributed by atoms with Crippen LogP contribution in [0, 0.1) is 11.3 Å². The summed E-state index contributed by atoms with van der Waals surface area (Å²) in [6.45, 7) is 1.82. The number of aliphatic hydroxyl groups is 1. The van der Waals surface area contributed by atoms with E-state index in [9.17, 15) is 20.0 Å². The predicted octanol–water partition coefficient (Wildman–Crippen LogP) is 1.90. The lowest BCUT2D eigenvalue weighted by Gasteiger charge is -2.31. The number of nitrogens with zero attached hydrogens (tertiary/aromatic N) is 3. The molecule has 1 aliphatic carbocycles. The molecular formula is C24H20N4O4. The number of aromatic nitrogens is 2. The highest BCUT2D eigenvalue weighted by molar-refractivity contribution is 5.93. The number of esters is 1. The highest BCUT2D eigenvalue weighted by Gasteiger charge is 2.45. The molecule has 6 rings (SSSR count). The fourth-order valence-corrected chi connectivity index (χ4v) is 5.50. The first kappa shape index (κ1) is 19.2. The average Bonchev–Trinajstić information content (AvgIpc) is 3.17. The lowest BCUT2D eigenvalue weighted by Crippen LogP contribution is -2.44. The molecule has 8 heteroatoms. The Bertz CT molecular complexity index is 1480. The van der Waals surface area contributed by atoms with Gasteiger partial charge in [0.2, 0.25) is 0 Å². The van der Waals surface area contributed by atoms with Gasteiger partial charge in [0.1, 0.15) is 6.61 Å². The van der Waals surface area contributed by atoms with E-state index in [2.05, 4.69) is 6.07 Å². The number of carbonyl (C=O) groups is 1. The molecule has 32 heavy (non-hydrogen) atoms. The van der Waals surface area contributed by atoms with E-state index < -0.39 is 11.6 Å². The molecule has 1 aromatic carbocycles. The maximum Gasteiger partial charge on any atom is 0.343 e. The summed E-state index contributed by atoms with van der Waals surface area (Å²) < 4.78 is 6.75. The van der Waals surface area contributed by atoms with Crippen LogP contribution in [0.4, 0.5) is 0 Å². The largest absolute Gasteiger partial charge is 0.458 e. The monoisotopic (exact) mass is 428 g/mol. The van der Waals surface area contributed by atoms with Gasteiger partial charge >= 0.3 is 5.97 Å². The Hall–Kier alpha value is -3.54. The van der Waals surface area contributed by atoms with Crippen molar-refractivity contribution in [3.8, 4) is 17.5 Å². The summed E-state index contributed by atoms with van der Waals surface area (Å²) in [6, 6.07) is 7.34. The molecule has 2 aliphatic heterocycles. The first-order valence-corrected chi connectivity index (χ1v) is 10.7. The summed E-state index contributed by atoms with van der Waals surface area (Å²) in [5.74, 6) is -0.743. The fraction of sp³-hybridized carbons (Fsp3) is 0.333. The standard InChI is InChI=1S/C24H20N4O4/c1-2-24(31)15-7-18-21-13(9-28(18)22(29)14(15)10-32-23(24)30)19-16(26)5-4-12-11(8-25)3-6-17(27-21)20(12)19/h3,6-7,16,31H,2,4-5,9-10,26H2,1H3/t16?,24-/m0/s1. The van der Waals surface area contributed by atoms with Crippen molar-refractivity contribution >= 4 is 16.9 Å². The van der Waals surface area contributed by atoms with E-state index in [1.165, 1.54) is 0 Å². The summed E-state index contributed by atoms with van der Waals surface area (Å²) in [5.41, 5.74) is 10.3. The van der Waals surface area contributed by atoms with Crippen molar-refractivity contribution in [1.29, 1.82) is 5.26 Å². The Morgan fingerprint density at radius 1 is 1.34 bits per heavy atom. The molecule has 4 heterocycles. The van der Waals surface area contributed by atoms with Crippen LogP contribution in [-0.2, 0) is 34.7 Å². The number of aryl methyl sites for hydroxylation is 1. The minimum atomic E-state index is -1.86. The number of benzene rings is 1. The average molecular weight is 428 g/mol. The highest BCUT2D eigenvalue weighted by atomic mass is 16.6. The maximum atomic E-state index is 13.4. The Labute approximate surface area is 182 Å². The number of rotatable bonds is 1. The molecule has 8 nitrogen and oxygen atoms in total. The second-order valence-electron chi connectivity index (χ2n) is 8.70. The zero-order valence-corrected chi connectivity index (χ0v) is 17.4. The van der Waals surface area contributed by atoms with E-state index in [0.29, 0.717) is 47.5 Å². The van der Waals surface area contributed by atoms with Crippen molar-refractivity contribution in [3.63, 3.8) is 0 Å². The lowest BCUT2D eigenvalue weighted by molar-refractivity contribution is -0.172. The number of nitriles is 1. The van der Waals surface area contributed by atoms with Crippen LogP contribution in [0.2, 0.25) is 0 Å². The molecule has 2 aromatic heterocycles. The summed E-state index contributed by atoms with van der Waals surface area (Å²) >= 11 is 0. The van der Waals surface area contributed by atoms with Gasteiger partial charge in [-0.1, -0.05) is 6.92 Å². The molecule has 1 unspecified atom stereocenters. The van der Waals surface area contributed by atoms with Gasteiger partial charge in [0.15, 0.2) is 5.60 Å².